The second-order valence-electron chi connectivity index (χ2n) is 5.28. The summed E-state index contributed by atoms with van der Waals surface area (Å²) in [7, 11) is 0. The SMILES string of the molecule is CCCC(C)(N)C(=O)NCCNC(=O)c1c(F)cccc1F.Cl. The van der Waals surface area contributed by atoms with Crippen LogP contribution in [0.15, 0.2) is 18.2 Å². The molecule has 0 aromatic heterocycles. The van der Waals surface area contributed by atoms with Gasteiger partial charge in [0, 0.05) is 13.1 Å². The Morgan fingerprint density at radius 1 is 1.17 bits per heavy atom. The molecule has 2 amide bonds. The van der Waals surface area contributed by atoms with Gasteiger partial charge in [-0.15, -0.1) is 12.4 Å². The van der Waals surface area contributed by atoms with Crippen LogP contribution in [-0.4, -0.2) is 30.4 Å². The lowest BCUT2D eigenvalue weighted by atomic mass is 9.97. The van der Waals surface area contributed by atoms with Crippen molar-refractivity contribution in [3.05, 3.63) is 35.4 Å². The number of nitrogens with two attached hydrogens (primary N) is 1. The standard InChI is InChI=1S/C15H21F2N3O2.ClH/c1-3-7-15(2,18)14(22)20-9-8-19-13(21)12-10(16)5-4-6-11(12)17;/h4-6H,3,7-9,18H2,1-2H3,(H,19,21)(H,20,22);1H. The topological polar surface area (TPSA) is 84.2 Å². The summed E-state index contributed by atoms with van der Waals surface area (Å²) in [5.74, 6) is -3.06. The van der Waals surface area contributed by atoms with Crippen LogP contribution >= 0.6 is 12.4 Å². The number of hydrogen-bond donors (Lipinski definition) is 3. The summed E-state index contributed by atoms with van der Waals surface area (Å²) in [5.41, 5.74) is 4.23. The molecule has 1 unspecified atom stereocenters. The summed E-state index contributed by atoms with van der Waals surface area (Å²) < 4.78 is 26.8. The first-order valence-electron chi connectivity index (χ1n) is 7.09. The van der Waals surface area contributed by atoms with E-state index in [1.54, 1.807) is 6.92 Å². The Kier molecular flexibility index (Phi) is 8.71. The van der Waals surface area contributed by atoms with Gasteiger partial charge in [0.25, 0.3) is 5.91 Å². The van der Waals surface area contributed by atoms with Crippen molar-refractivity contribution in [2.75, 3.05) is 13.1 Å². The van der Waals surface area contributed by atoms with Gasteiger partial charge < -0.3 is 16.4 Å². The third kappa shape index (κ3) is 6.11. The molecule has 8 heteroatoms. The number of carbonyl (C=O) groups excluding carboxylic acids is 2. The normalized spacial score (nSPS) is 12.7. The molecule has 0 saturated heterocycles. The highest BCUT2D eigenvalue weighted by molar-refractivity contribution is 5.94. The van der Waals surface area contributed by atoms with Crippen molar-refractivity contribution in [2.24, 2.45) is 5.73 Å². The lowest BCUT2D eigenvalue weighted by Gasteiger charge is -2.22. The Morgan fingerprint density at radius 3 is 2.22 bits per heavy atom. The summed E-state index contributed by atoms with van der Waals surface area (Å²) in [5, 5.41) is 4.92. The van der Waals surface area contributed by atoms with Gasteiger partial charge in [-0.25, -0.2) is 8.78 Å². The molecule has 5 nitrogen and oxygen atoms in total. The average molecular weight is 350 g/mol. The quantitative estimate of drug-likeness (QED) is 0.656. The van der Waals surface area contributed by atoms with E-state index in [0.717, 1.165) is 18.6 Å². The van der Waals surface area contributed by atoms with E-state index in [-0.39, 0.29) is 31.4 Å². The van der Waals surface area contributed by atoms with Crippen LogP contribution in [0.25, 0.3) is 0 Å². The monoisotopic (exact) mass is 349 g/mol. The highest BCUT2D eigenvalue weighted by Crippen LogP contribution is 2.11. The maximum atomic E-state index is 13.4. The number of amides is 2. The Labute approximate surface area is 140 Å². The summed E-state index contributed by atoms with van der Waals surface area (Å²) in [4.78, 5) is 23.5. The van der Waals surface area contributed by atoms with Crippen LogP contribution in [0.4, 0.5) is 8.78 Å². The zero-order chi connectivity index (χ0) is 16.8. The first-order chi connectivity index (χ1) is 10.3. The summed E-state index contributed by atoms with van der Waals surface area (Å²) >= 11 is 0. The zero-order valence-corrected chi connectivity index (χ0v) is 13.9. The third-order valence-electron chi connectivity index (χ3n) is 3.17. The molecule has 4 N–H and O–H groups in total. The van der Waals surface area contributed by atoms with E-state index in [9.17, 15) is 18.4 Å². The zero-order valence-electron chi connectivity index (χ0n) is 13.1. The summed E-state index contributed by atoms with van der Waals surface area (Å²) in [6.07, 6.45) is 1.30. The predicted octanol–water partition coefficient (Wildman–Crippen LogP) is 1.75. The van der Waals surface area contributed by atoms with Crippen LogP contribution in [0.1, 0.15) is 37.0 Å². The lowest BCUT2D eigenvalue weighted by Crippen LogP contribution is -2.52. The Bertz CT molecular complexity index is 533. The van der Waals surface area contributed by atoms with E-state index in [4.69, 9.17) is 5.73 Å². The summed E-state index contributed by atoms with van der Waals surface area (Å²) in [6, 6.07) is 3.19. The highest BCUT2D eigenvalue weighted by atomic mass is 35.5. The smallest absolute Gasteiger partial charge is 0.257 e. The molecular weight excluding hydrogens is 328 g/mol. The van der Waals surface area contributed by atoms with Crippen LogP contribution < -0.4 is 16.4 Å². The van der Waals surface area contributed by atoms with Gasteiger partial charge in [-0.3, -0.25) is 9.59 Å². The highest BCUT2D eigenvalue weighted by Gasteiger charge is 2.26. The van der Waals surface area contributed by atoms with Gasteiger partial charge in [0.1, 0.15) is 17.2 Å². The fourth-order valence-electron chi connectivity index (χ4n) is 1.99. The molecule has 1 rings (SSSR count). The van der Waals surface area contributed by atoms with E-state index in [1.165, 1.54) is 6.07 Å². The Balaban J connectivity index is 0.00000484. The van der Waals surface area contributed by atoms with E-state index < -0.39 is 28.6 Å². The van der Waals surface area contributed by atoms with Crippen molar-refractivity contribution in [1.29, 1.82) is 0 Å². The molecule has 0 aliphatic rings. The molecule has 1 aromatic rings. The van der Waals surface area contributed by atoms with Gasteiger partial charge in [0.15, 0.2) is 0 Å². The fraction of sp³-hybridized carbons (Fsp3) is 0.467. The molecule has 0 heterocycles. The second kappa shape index (κ2) is 9.42. The van der Waals surface area contributed by atoms with Crippen LogP contribution in [0.3, 0.4) is 0 Å². The molecule has 23 heavy (non-hydrogen) atoms. The first kappa shape index (κ1) is 21.3. The molecule has 0 spiro atoms. The van der Waals surface area contributed by atoms with Crippen LogP contribution in [0.2, 0.25) is 0 Å². The molecule has 1 aromatic carbocycles. The average Bonchev–Trinajstić information content (AvgIpc) is 2.43. The number of rotatable bonds is 7. The van der Waals surface area contributed by atoms with Crippen molar-refractivity contribution in [2.45, 2.75) is 32.2 Å². The van der Waals surface area contributed by atoms with Crippen molar-refractivity contribution >= 4 is 24.2 Å². The van der Waals surface area contributed by atoms with Gasteiger partial charge in [0.05, 0.1) is 5.54 Å². The van der Waals surface area contributed by atoms with E-state index in [0.29, 0.717) is 6.42 Å². The summed E-state index contributed by atoms with van der Waals surface area (Å²) in [6.45, 7) is 3.71. The minimum absolute atomic E-state index is 0. The van der Waals surface area contributed by atoms with Gasteiger partial charge in [-0.05, 0) is 25.5 Å². The molecule has 0 bridgehead atoms. The first-order valence-corrected chi connectivity index (χ1v) is 7.09. The maximum absolute atomic E-state index is 13.4. The molecule has 0 aliphatic heterocycles. The molecular formula is C15H22ClF2N3O2. The van der Waals surface area contributed by atoms with Crippen molar-refractivity contribution < 1.29 is 18.4 Å². The van der Waals surface area contributed by atoms with Crippen molar-refractivity contribution in [3.8, 4) is 0 Å². The van der Waals surface area contributed by atoms with Gasteiger partial charge >= 0.3 is 0 Å². The number of halogens is 3. The van der Waals surface area contributed by atoms with E-state index in [1.807, 2.05) is 6.92 Å². The Morgan fingerprint density at radius 2 is 1.70 bits per heavy atom. The number of nitrogens with one attached hydrogen (secondary N) is 2. The van der Waals surface area contributed by atoms with Crippen molar-refractivity contribution in [1.82, 2.24) is 10.6 Å². The van der Waals surface area contributed by atoms with Crippen LogP contribution in [0.5, 0.6) is 0 Å². The minimum atomic E-state index is -0.976. The van der Waals surface area contributed by atoms with E-state index in [2.05, 4.69) is 10.6 Å². The minimum Gasteiger partial charge on any atom is -0.353 e. The lowest BCUT2D eigenvalue weighted by molar-refractivity contribution is -0.126. The Hall–Kier alpha value is -1.73. The molecule has 0 saturated carbocycles. The molecule has 0 fully saturated rings. The van der Waals surface area contributed by atoms with Crippen LogP contribution in [-0.2, 0) is 4.79 Å². The molecule has 1 atom stereocenters. The van der Waals surface area contributed by atoms with Crippen molar-refractivity contribution in [3.63, 3.8) is 0 Å². The second-order valence-corrected chi connectivity index (χ2v) is 5.28. The predicted molar refractivity (Wildman–Crippen MR) is 86.4 cm³/mol. The molecule has 130 valence electrons. The number of hydrogen-bond acceptors (Lipinski definition) is 3. The molecule has 0 radical (unpaired) electrons. The van der Waals surface area contributed by atoms with E-state index >= 15 is 0 Å². The molecule has 0 aliphatic carbocycles. The maximum Gasteiger partial charge on any atom is 0.257 e. The van der Waals surface area contributed by atoms with Gasteiger partial charge in [-0.1, -0.05) is 19.4 Å². The largest absolute Gasteiger partial charge is 0.353 e. The van der Waals surface area contributed by atoms with Gasteiger partial charge in [-0.2, -0.15) is 0 Å². The number of carbonyl (C=O) groups is 2. The number of benzene rings is 1. The van der Waals surface area contributed by atoms with Gasteiger partial charge in [0.2, 0.25) is 5.91 Å². The third-order valence-corrected chi connectivity index (χ3v) is 3.17. The fourth-order valence-corrected chi connectivity index (χ4v) is 1.99. The van der Waals surface area contributed by atoms with Crippen LogP contribution in [0, 0.1) is 11.6 Å².